The summed E-state index contributed by atoms with van der Waals surface area (Å²) in [5.74, 6) is 0.803. The number of ether oxygens (including phenoxy) is 1. The van der Waals surface area contributed by atoms with Crippen molar-refractivity contribution in [3.8, 4) is 34.0 Å². The Morgan fingerprint density at radius 3 is 2.18 bits per heavy atom. The number of halogens is 1. The minimum Gasteiger partial charge on any atom is -0.494 e. The average molecular weight is 522 g/mol. The van der Waals surface area contributed by atoms with Crippen LogP contribution in [0.15, 0.2) is 114 Å². The van der Waals surface area contributed by atoms with Gasteiger partial charge in [-0.25, -0.2) is 0 Å². The molecule has 0 amide bonds. The van der Waals surface area contributed by atoms with E-state index in [1.807, 2.05) is 67.6 Å². The summed E-state index contributed by atoms with van der Waals surface area (Å²) in [6.45, 7) is 2.55. The molecule has 0 aliphatic carbocycles. The molecule has 0 saturated carbocycles. The van der Waals surface area contributed by atoms with Gasteiger partial charge < -0.3 is 9.30 Å². The Hall–Kier alpha value is -4.68. The standard InChI is InChI=1S/C31H24ClN3O3/c1-2-38-27-16-14-26(15-17-27)34-29(22-9-5-3-6-10-22)19-24(31(34)23-11-7-4-8-12-23)21-33-25-13-18-28(32)30(20-25)35(36)37/h3-21H,2H2,1H3. The molecule has 0 atom stereocenters. The van der Waals surface area contributed by atoms with Crippen molar-refractivity contribution in [2.45, 2.75) is 6.92 Å². The fraction of sp³-hybridized carbons (Fsp3) is 0.0645. The highest BCUT2D eigenvalue weighted by Gasteiger charge is 2.19. The first-order chi connectivity index (χ1) is 18.5. The lowest BCUT2D eigenvalue weighted by molar-refractivity contribution is -0.384. The molecule has 0 aliphatic heterocycles. The molecular formula is C31H24ClN3O3. The number of nitro groups is 1. The van der Waals surface area contributed by atoms with E-state index in [0.717, 1.165) is 39.5 Å². The molecule has 4 aromatic carbocycles. The van der Waals surface area contributed by atoms with Gasteiger partial charge in [0.2, 0.25) is 0 Å². The molecule has 6 nitrogen and oxygen atoms in total. The van der Waals surface area contributed by atoms with Gasteiger partial charge in [0, 0.05) is 23.5 Å². The van der Waals surface area contributed by atoms with E-state index in [4.69, 9.17) is 16.3 Å². The molecule has 0 aliphatic rings. The third-order valence-corrected chi connectivity index (χ3v) is 6.35. The molecule has 188 valence electrons. The van der Waals surface area contributed by atoms with Crippen molar-refractivity contribution in [1.29, 1.82) is 0 Å². The first kappa shape index (κ1) is 25.0. The van der Waals surface area contributed by atoms with Gasteiger partial charge in [0.05, 0.1) is 28.6 Å². The van der Waals surface area contributed by atoms with Crippen molar-refractivity contribution < 1.29 is 9.66 Å². The van der Waals surface area contributed by atoms with Crippen LogP contribution in [0.3, 0.4) is 0 Å². The summed E-state index contributed by atoms with van der Waals surface area (Å²) in [6, 6.07) is 34.8. The number of rotatable bonds is 8. The van der Waals surface area contributed by atoms with E-state index in [1.165, 1.54) is 12.1 Å². The van der Waals surface area contributed by atoms with Gasteiger partial charge in [-0.15, -0.1) is 0 Å². The van der Waals surface area contributed by atoms with Gasteiger partial charge in [-0.05, 0) is 60.5 Å². The minimum absolute atomic E-state index is 0.0759. The second-order valence-corrected chi connectivity index (χ2v) is 8.89. The van der Waals surface area contributed by atoms with Crippen molar-refractivity contribution in [2.24, 2.45) is 4.99 Å². The number of nitrogens with zero attached hydrogens (tertiary/aromatic N) is 3. The zero-order chi connectivity index (χ0) is 26.5. The second-order valence-electron chi connectivity index (χ2n) is 8.48. The smallest absolute Gasteiger partial charge is 0.290 e. The number of hydrogen-bond donors (Lipinski definition) is 0. The van der Waals surface area contributed by atoms with E-state index in [9.17, 15) is 10.1 Å². The van der Waals surface area contributed by atoms with Gasteiger partial charge in [0.1, 0.15) is 10.8 Å². The fourth-order valence-corrected chi connectivity index (χ4v) is 4.52. The lowest BCUT2D eigenvalue weighted by Gasteiger charge is -2.15. The van der Waals surface area contributed by atoms with Crippen LogP contribution in [0.2, 0.25) is 5.02 Å². The van der Waals surface area contributed by atoms with E-state index in [0.29, 0.717) is 12.3 Å². The molecule has 38 heavy (non-hydrogen) atoms. The van der Waals surface area contributed by atoms with Crippen molar-refractivity contribution in [1.82, 2.24) is 4.57 Å². The maximum Gasteiger partial charge on any atom is 0.290 e. The molecule has 7 heteroatoms. The van der Waals surface area contributed by atoms with Crippen LogP contribution in [0.5, 0.6) is 5.75 Å². The average Bonchev–Trinajstić information content (AvgIpc) is 3.33. The first-order valence-corrected chi connectivity index (χ1v) is 12.5. The number of aromatic nitrogens is 1. The molecule has 0 bridgehead atoms. The summed E-state index contributed by atoms with van der Waals surface area (Å²) >= 11 is 6.00. The van der Waals surface area contributed by atoms with Crippen LogP contribution >= 0.6 is 11.6 Å². The molecule has 1 heterocycles. The zero-order valence-corrected chi connectivity index (χ0v) is 21.4. The summed E-state index contributed by atoms with van der Waals surface area (Å²) in [5.41, 5.74) is 6.07. The third-order valence-electron chi connectivity index (χ3n) is 6.03. The van der Waals surface area contributed by atoms with Crippen LogP contribution in [0.4, 0.5) is 11.4 Å². The van der Waals surface area contributed by atoms with Crippen LogP contribution in [0.25, 0.3) is 28.2 Å². The van der Waals surface area contributed by atoms with Crippen LogP contribution in [0.1, 0.15) is 12.5 Å². The Morgan fingerprint density at radius 1 is 0.895 bits per heavy atom. The normalized spacial score (nSPS) is 11.1. The van der Waals surface area contributed by atoms with Crippen molar-refractivity contribution in [2.75, 3.05) is 6.61 Å². The molecule has 1 aromatic heterocycles. The van der Waals surface area contributed by atoms with Gasteiger partial charge in [0.25, 0.3) is 5.69 Å². The Kier molecular flexibility index (Phi) is 7.33. The molecule has 5 aromatic rings. The second kappa shape index (κ2) is 11.2. The van der Waals surface area contributed by atoms with Crippen LogP contribution in [-0.4, -0.2) is 22.3 Å². The monoisotopic (exact) mass is 521 g/mol. The predicted octanol–water partition coefficient (Wildman–Crippen LogP) is 8.52. The number of benzene rings is 4. The van der Waals surface area contributed by atoms with Gasteiger partial charge >= 0.3 is 0 Å². The Morgan fingerprint density at radius 2 is 1.55 bits per heavy atom. The molecule has 5 rings (SSSR count). The van der Waals surface area contributed by atoms with Gasteiger partial charge in [-0.3, -0.25) is 15.1 Å². The summed E-state index contributed by atoms with van der Waals surface area (Å²) in [4.78, 5) is 15.5. The Bertz CT molecular complexity index is 1600. The topological polar surface area (TPSA) is 69.7 Å². The van der Waals surface area contributed by atoms with Crippen molar-refractivity contribution >= 4 is 29.2 Å². The SMILES string of the molecule is CCOc1ccc(-n2c(-c3ccccc3)cc(C=Nc3ccc(Cl)c([N+](=O)[O-])c3)c2-c2ccccc2)cc1. The lowest BCUT2D eigenvalue weighted by Crippen LogP contribution is -2.01. The number of nitro benzene ring substituents is 1. The predicted molar refractivity (Wildman–Crippen MR) is 153 cm³/mol. The van der Waals surface area contributed by atoms with E-state index in [-0.39, 0.29) is 10.7 Å². The zero-order valence-electron chi connectivity index (χ0n) is 20.6. The Balaban J connectivity index is 1.72. The lowest BCUT2D eigenvalue weighted by atomic mass is 10.1. The fourth-order valence-electron chi connectivity index (χ4n) is 4.33. The highest BCUT2D eigenvalue weighted by molar-refractivity contribution is 6.32. The summed E-state index contributed by atoms with van der Waals surface area (Å²) in [7, 11) is 0. The maximum absolute atomic E-state index is 11.4. The highest BCUT2D eigenvalue weighted by Crippen LogP contribution is 2.36. The third kappa shape index (κ3) is 5.21. The van der Waals surface area contributed by atoms with Gasteiger partial charge in [0.15, 0.2) is 0 Å². The molecular weight excluding hydrogens is 498 g/mol. The highest BCUT2D eigenvalue weighted by atomic mass is 35.5. The molecule has 0 fully saturated rings. The molecule has 0 N–H and O–H groups in total. The quantitative estimate of drug-likeness (QED) is 0.117. The van der Waals surface area contributed by atoms with Crippen LogP contribution in [0, 0.1) is 10.1 Å². The van der Waals surface area contributed by atoms with E-state index in [1.54, 1.807) is 12.3 Å². The summed E-state index contributed by atoms with van der Waals surface area (Å²) in [5, 5.41) is 11.4. The minimum atomic E-state index is -0.507. The van der Waals surface area contributed by atoms with Crippen LogP contribution in [-0.2, 0) is 0 Å². The van der Waals surface area contributed by atoms with Crippen LogP contribution < -0.4 is 4.74 Å². The van der Waals surface area contributed by atoms with Gasteiger partial charge in [-0.2, -0.15) is 0 Å². The van der Waals surface area contributed by atoms with E-state index in [2.05, 4.69) is 39.9 Å². The van der Waals surface area contributed by atoms with E-state index < -0.39 is 4.92 Å². The van der Waals surface area contributed by atoms with E-state index >= 15 is 0 Å². The molecule has 0 spiro atoms. The van der Waals surface area contributed by atoms with Gasteiger partial charge in [-0.1, -0.05) is 72.3 Å². The largest absolute Gasteiger partial charge is 0.494 e. The summed E-state index contributed by atoms with van der Waals surface area (Å²) in [6.07, 6.45) is 1.74. The maximum atomic E-state index is 11.4. The Labute approximate surface area is 225 Å². The van der Waals surface area contributed by atoms with Crippen molar-refractivity contribution in [3.05, 3.63) is 130 Å². The number of hydrogen-bond acceptors (Lipinski definition) is 4. The van der Waals surface area contributed by atoms with Crippen molar-refractivity contribution in [3.63, 3.8) is 0 Å². The number of aliphatic imine (C=N–C) groups is 1. The first-order valence-electron chi connectivity index (χ1n) is 12.1. The molecule has 0 unspecified atom stereocenters. The summed E-state index contributed by atoms with van der Waals surface area (Å²) < 4.78 is 7.87. The molecule has 0 saturated heterocycles. The molecule has 0 radical (unpaired) electrons.